The lowest BCUT2D eigenvalue weighted by Crippen LogP contribution is -2.18. The van der Waals surface area contributed by atoms with Crippen molar-refractivity contribution in [2.45, 2.75) is 17.9 Å². The number of sulfone groups is 1. The fourth-order valence-corrected chi connectivity index (χ4v) is 2.28. The highest BCUT2D eigenvalue weighted by atomic mass is 32.2. The summed E-state index contributed by atoms with van der Waals surface area (Å²) in [5, 5.41) is 19.8. The lowest BCUT2D eigenvalue weighted by molar-refractivity contribution is -0.140. The number of aromatic nitrogens is 4. The molecule has 20 heavy (non-hydrogen) atoms. The van der Waals surface area contributed by atoms with E-state index < -0.39 is 21.8 Å². The molecule has 0 aliphatic rings. The maximum atomic E-state index is 11.5. The molecule has 0 aliphatic heterocycles. The van der Waals surface area contributed by atoms with E-state index in [2.05, 4.69) is 15.5 Å². The Bertz CT molecular complexity index is 753. The van der Waals surface area contributed by atoms with Crippen molar-refractivity contribution in [3.63, 3.8) is 0 Å². The second-order valence-electron chi connectivity index (χ2n) is 4.26. The molecule has 0 amide bonds. The summed E-state index contributed by atoms with van der Waals surface area (Å²) in [6.07, 6.45) is 1.09. The zero-order chi connectivity index (χ0) is 14.9. The van der Waals surface area contributed by atoms with Crippen LogP contribution in [-0.2, 0) is 14.6 Å². The van der Waals surface area contributed by atoms with Crippen LogP contribution < -0.4 is 0 Å². The number of nitrogens with zero attached hydrogens (tertiary/aromatic N) is 4. The first-order chi connectivity index (χ1) is 9.30. The number of benzene rings is 1. The van der Waals surface area contributed by atoms with Gasteiger partial charge in [-0.05, 0) is 29.5 Å². The van der Waals surface area contributed by atoms with Crippen LogP contribution in [0.15, 0.2) is 29.2 Å². The van der Waals surface area contributed by atoms with Crippen LogP contribution in [0.5, 0.6) is 0 Å². The first-order valence-corrected chi connectivity index (χ1v) is 7.51. The number of tetrazole rings is 1. The molecule has 0 spiro atoms. The largest absolute Gasteiger partial charge is 0.480 e. The van der Waals surface area contributed by atoms with Crippen molar-refractivity contribution in [2.24, 2.45) is 0 Å². The predicted molar refractivity (Wildman–Crippen MR) is 68.7 cm³/mol. The SMILES string of the molecule is CC(C(=O)O)n1nnnc1-c1cccc(S(C)(=O)=O)c1. The molecule has 1 aromatic carbocycles. The van der Waals surface area contributed by atoms with E-state index in [1.165, 1.54) is 19.1 Å². The number of hydrogen-bond acceptors (Lipinski definition) is 6. The van der Waals surface area contributed by atoms with Crippen LogP contribution in [0.3, 0.4) is 0 Å². The van der Waals surface area contributed by atoms with Gasteiger partial charge in [0.2, 0.25) is 0 Å². The smallest absolute Gasteiger partial charge is 0.328 e. The summed E-state index contributed by atoms with van der Waals surface area (Å²) in [5.74, 6) is -0.886. The van der Waals surface area contributed by atoms with Gasteiger partial charge in [-0.1, -0.05) is 12.1 Å². The second-order valence-corrected chi connectivity index (χ2v) is 6.28. The van der Waals surface area contributed by atoms with Gasteiger partial charge in [0, 0.05) is 11.8 Å². The Morgan fingerprint density at radius 2 is 2.10 bits per heavy atom. The molecule has 1 heterocycles. The maximum Gasteiger partial charge on any atom is 0.328 e. The number of carbonyl (C=O) groups is 1. The van der Waals surface area contributed by atoms with E-state index in [9.17, 15) is 13.2 Å². The number of carboxylic acids is 1. The molecule has 1 atom stereocenters. The molecule has 0 radical (unpaired) electrons. The van der Waals surface area contributed by atoms with Crippen molar-refractivity contribution >= 4 is 15.8 Å². The molecule has 0 bridgehead atoms. The Morgan fingerprint density at radius 3 is 2.70 bits per heavy atom. The fraction of sp³-hybridized carbons (Fsp3) is 0.273. The average molecular weight is 296 g/mol. The number of hydrogen-bond donors (Lipinski definition) is 1. The first-order valence-electron chi connectivity index (χ1n) is 5.62. The molecule has 2 aromatic rings. The lowest BCUT2D eigenvalue weighted by Gasteiger charge is -2.09. The molecule has 1 unspecified atom stereocenters. The third-order valence-corrected chi connectivity index (χ3v) is 3.85. The summed E-state index contributed by atoms with van der Waals surface area (Å²) in [5.41, 5.74) is 0.436. The van der Waals surface area contributed by atoms with E-state index >= 15 is 0 Å². The highest BCUT2D eigenvalue weighted by Gasteiger charge is 2.21. The van der Waals surface area contributed by atoms with Gasteiger partial charge in [0.25, 0.3) is 0 Å². The second kappa shape index (κ2) is 5.00. The minimum absolute atomic E-state index is 0.118. The summed E-state index contributed by atoms with van der Waals surface area (Å²) in [7, 11) is -3.36. The van der Waals surface area contributed by atoms with Crippen molar-refractivity contribution < 1.29 is 18.3 Å². The van der Waals surface area contributed by atoms with Crippen molar-refractivity contribution in [3.8, 4) is 11.4 Å². The van der Waals surface area contributed by atoms with E-state index in [0.29, 0.717) is 5.56 Å². The van der Waals surface area contributed by atoms with E-state index in [-0.39, 0.29) is 10.7 Å². The van der Waals surface area contributed by atoms with Crippen LogP contribution >= 0.6 is 0 Å². The Morgan fingerprint density at radius 1 is 1.40 bits per heavy atom. The molecular weight excluding hydrogens is 284 g/mol. The minimum atomic E-state index is -3.36. The van der Waals surface area contributed by atoms with Crippen molar-refractivity contribution in [3.05, 3.63) is 24.3 Å². The summed E-state index contributed by atoms with van der Waals surface area (Å²) in [6.45, 7) is 1.43. The molecule has 8 nitrogen and oxygen atoms in total. The fourth-order valence-electron chi connectivity index (χ4n) is 1.61. The van der Waals surface area contributed by atoms with Crippen molar-refractivity contribution in [1.82, 2.24) is 20.2 Å². The van der Waals surface area contributed by atoms with Crippen LogP contribution in [0.25, 0.3) is 11.4 Å². The summed E-state index contributed by atoms with van der Waals surface area (Å²) in [6, 6.07) is 5.07. The standard InChI is InChI=1S/C11H12N4O4S/c1-7(11(16)17)15-10(12-13-14-15)8-4-3-5-9(6-8)20(2,18)19/h3-7H,1-2H3,(H,16,17). The third-order valence-electron chi connectivity index (χ3n) is 2.74. The summed E-state index contributed by atoms with van der Waals surface area (Å²) >= 11 is 0. The predicted octanol–water partition coefficient (Wildman–Crippen LogP) is 0.389. The molecule has 0 fully saturated rings. The van der Waals surface area contributed by atoms with E-state index in [4.69, 9.17) is 5.11 Å². The molecular formula is C11H12N4O4S. The van der Waals surface area contributed by atoms with Crippen LogP contribution in [-0.4, -0.2) is 46.0 Å². The van der Waals surface area contributed by atoms with Crippen LogP contribution in [0, 0.1) is 0 Å². The van der Waals surface area contributed by atoms with E-state index in [0.717, 1.165) is 10.9 Å². The van der Waals surface area contributed by atoms with Crippen LogP contribution in [0.1, 0.15) is 13.0 Å². The van der Waals surface area contributed by atoms with Gasteiger partial charge in [0.05, 0.1) is 4.90 Å². The zero-order valence-electron chi connectivity index (χ0n) is 10.8. The molecule has 0 saturated heterocycles. The van der Waals surface area contributed by atoms with Gasteiger partial charge >= 0.3 is 5.97 Å². The maximum absolute atomic E-state index is 11.5. The Balaban J connectivity index is 2.54. The first kappa shape index (κ1) is 14.1. The molecule has 2 rings (SSSR count). The third kappa shape index (κ3) is 2.67. The van der Waals surface area contributed by atoms with Crippen LogP contribution in [0.4, 0.5) is 0 Å². The Hall–Kier alpha value is -2.29. The summed E-state index contributed by atoms with van der Waals surface area (Å²) < 4.78 is 24.2. The highest BCUT2D eigenvalue weighted by molar-refractivity contribution is 7.90. The van der Waals surface area contributed by atoms with Crippen molar-refractivity contribution in [2.75, 3.05) is 6.26 Å². The molecule has 0 saturated carbocycles. The quantitative estimate of drug-likeness (QED) is 0.867. The minimum Gasteiger partial charge on any atom is -0.480 e. The Kier molecular flexibility index (Phi) is 3.53. The summed E-state index contributed by atoms with van der Waals surface area (Å²) in [4.78, 5) is 11.1. The average Bonchev–Trinajstić information content (AvgIpc) is 2.86. The normalized spacial score (nSPS) is 13.1. The van der Waals surface area contributed by atoms with Gasteiger partial charge in [-0.3, -0.25) is 0 Å². The number of rotatable bonds is 4. The molecule has 1 aromatic heterocycles. The van der Waals surface area contributed by atoms with Gasteiger partial charge in [-0.15, -0.1) is 5.10 Å². The van der Waals surface area contributed by atoms with Gasteiger partial charge in [-0.25, -0.2) is 17.9 Å². The molecule has 1 N–H and O–H groups in total. The molecule has 106 valence electrons. The van der Waals surface area contributed by atoms with E-state index in [1.54, 1.807) is 12.1 Å². The zero-order valence-corrected chi connectivity index (χ0v) is 11.6. The van der Waals surface area contributed by atoms with E-state index in [1.807, 2.05) is 0 Å². The number of aliphatic carboxylic acids is 1. The van der Waals surface area contributed by atoms with Crippen LogP contribution in [0.2, 0.25) is 0 Å². The lowest BCUT2D eigenvalue weighted by atomic mass is 10.2. The van der Waals surface area contributed by atoms with Gasteiger partial charge in [-0.2, -0.15) is 0 Å². The highest BCUT2D eigenvalue weighted by Crippen LogP contribution is 2.22. The Labute approximate surface area is 115 Å². The molecule has 0 aliphatic carbocycles. The monoisotopic (exact) mass is 296 g/mol. The van der Waals surface area contributed by atoms with Gasteiger partial charge in [0.1, 0.15) is 0 Å². The van der Waals surface area contributed by atoms with Crippen molar-refractivity contribution in [1.29, 1.82) is 0 Å². The molecule has 9 heteroatoms. The van der Waals surface area contributed by atoms with Gasteiger partial charge < -0.3 is 5.11 Å². The van der Waals surface area contributed by atoms with Gasteiger partial charge in [0.15, 0.2) is 21.7 Å². The number of carboxylic acid groups (broad SMARTS) is 1. The topological polar surface area (TPSA) is 115 Å².